The van der Waals surface area contributed by atoms with Crippen LogP contribution in [0.25, 0.3) is 0 Å². The van der Waals surface area contributed by atoms with E-state index in [1.54, 1.807) is 32.9 Å². The number of pyridine rings is 1. The number of alkyl carbamates (subject to hydrolysis) is 1. The first-order valence-electron chi connectivity index (χ1n) is 9.00. The summed E-state index contributed by atoms with van der Waals surface area (Å²) in [6.07, 6.45) is -5.34. The summed E-state index contributed by atoms with van der Waals surface area (Å²) in [5.41, 5.74) is -0.133. The van der Waals surface area contributed by atoms with Gasteiger partial charge in [-0.05, 0) is 32.9 Å². The van der Waals surface area contributed by atoms with Crippen LogP contribution >= 0.6 is 11.6 Å². The van der Waals surface area contributed by atoms with Crippen LogP contribution in [0.15, 0.2) is 12.1 Å². The monoisotopic (exact) mass is 437 g/mol. The van der Waals surface area contributed by atoms with Gasteiger partial charge < -0.3 is 19.7 Å². The molecule has 1 aliphatic rings. The molecule has 7 nitrogen and oxygen atoms in total. The fourth-order valence-electron chi connectivity index (χ4n) is 2.66. The summed E-state index contributed by atoms with van der Waals surface area (Å²) in [5, 5.41) is 2.63. The molecule has 29 heavy (non-hydrogen) atoms. The van der Waals surface area contributed by atoms with E-state index in [4.69, 9.17) is 21.1 Å². The summed E-state index contributed by atoms with van der Waals surface area (Å²) in [6, 6.07) is 3.19. The Morgan fingerprint density at radius 3 is 2.38 bits per heavy atom. The van der Waals surface area contributed by atoms with Crippen LogP contribution in [0.3, 0.4) is 0 Å². The zero-order valence-corrected chi connectivity index (χ0v) is 17.1. The Morgan fingerprint density at radius 1 is 1.24 bits per heavy atom. The smallest absolute Gasteiger partial charge is 0.471 e. The summed E-state index contributed by atoms with van der Waals surface area (Å²) >= 11 is 6.12. The molecule has 1 saturated heterocycles. The van der Waals surface area contributed by atoms with E-state index in [0.29, 0.717) is 5.69 Å². The molecule has 2 amide bonds. The van der Waals surface area contributed by atoms with E-state index < -0.39 is 23.8 Å². The van der Waals surface area contributed by atoms with Gasteiger partial charge in [-0.1, -0.05) is 11.6 Å². The normalized spacial score (nSPS) is 15.8. The quantitative estimate of drug-likeness (QED) is 0.726. The molecular weight excluding hydrogens is 415 g/mol. The van der Waals surface area contributed by atoms with Crippen molar-refractivity contribution in [2.24, 2.45) is 0 Å². The third-order valence-electron chi connectivity index (χ3n) is 3.95. The molecule has 0 spiro atoms. The van der Waals surface area contributed by atoms with E-state index in [1.807, 2.05) is 0 Å². The second-order valence-electron chi connectivity index (χ2n) is 7.55. The number of hydrogen-bond acceptors (Lipinski definition) is 5. The molecule has 162 valence electrons. The number of carbonyl (C=O) groups excluding carboxylic acids is 2. The molecule has 1 N–H and O–H groups in total. The number of rotatable bonds is 4. The number of carbonyl (C=O) groups is 2. The highest BCUT2D eigenvalue weighted by atomic mass is 35.5. The van der Waals surface area contributed by atoms with Gasteiger partial charge in [-0.2, -0.15) is 13.2 Å². The fourth-order valence-corrected chi connectivity index (χ4v) is 2.87. The number of ether oxygens (including phenoxy) is 2. The Bertz CT molecular complexity index is 745. The lowest BCUT2D eigenvalue weighted by atomic mass is 10.1. The molecule has 0 bridgehead atoms. The molecule has 0 atom stereocenters. The van der Waals surface area contributed by atoms with E-state index >= 15 is 0 Å². The largest absolute Gasteiger partial charge is 0.487 e. The van der Waals surface area contributed by atoms with Gasteiger partial charge in [0.2, 0.25) is 0 Å². The molecule has 11 heteroatoms. The maximum Gasteiger partial charge on any atom is 0.471 e. The summed E-state index contributed by atoms with van der Waals surface area (Å²) in [7, 11) is 0. The molecule has 1 aromatic heterocycles. The predicted molar refractivity (Wildman–Crippen MR) is 98.6 cm³/mol. The van der Waals surface area contributed by atoms with Crippen LogP contribution in [0.2, 0.25) is 5.15 Å². The van der Waals surface area contributed by atoms with Gasteiger partial charge in [-0.25, -0.2) is 9.78 Å². The summed E-state index contributed by atoms with van der Waals surface area (Å²) in [6.45, 7) is 5.25. The number of likely N-dealkylation sites (tertiary alicyclic amines) is 1. The van der Waals surface area contributed by atoms with Crippen LogP contribution in [-0.2, 0) is 16.1 Å². The van der Waals surface area contributed by atoms with Gasteiger partial charge in [0.15, 0.2) is 10.9 Å². The molecule has 2 heterocycles. The van der Waals surface area contributed by atoms with E-state index in [1.165, 1.54) is 0 Å². The van der Waals surface area contributed by atoms with Crippen molar-refractivity contribution in [2.45, 2.75) is 58.0 Å². The maximum absolute atomic E-state index is 12.5. The topological polar surface area (TPSA) is 80.8 Å². The van der Waals surface area contributed by atoms with E-state index in [2.05, 4.69) is 10.3 Å². The summed E-state index contributed by atoms with van der Waals surface area (Å²) < 4.78 is 48.3. The molecule has 0 aliphatic carbocycles. The second kappa shape index (κ2) is 9.06. The number of alkyl halides is 3. The van der Waals surface area contributed by atoms with Gasteiger partial charge in [0, 0.05) is 25.9 Å². The van der Waals surface area contributed by atoms with Crippen molar-refractivity contribution >= 4 is 23.6 Å². The minimum absolute atomic E-state index is 0.0497. The predicted octanol–water partition coefficient (Wildman–Crippen LogP) is 3.69. The molecule has 0 aromatic carbocycles. The first kappa shape index (κ1) is 23.1. The van der Waals surface area contributed by atoms with Crippen LogP contribution in [0.5, 0.6) is 5.75 Å². The number of hydrogen-bond donors (Lipinski definition) is 1. The second-order valence-corrected chi connectivity index (χ2v) is 7.91. The van der Waals surface area contributed by atoms with Gasteiger partial charge in [-0.3, -0.25) is 4.79 Å². The number of amides is 2. The molecule has 0 radical (unpaired) electrons. The highest BCUT2D eigenvalue weighted by Crippen LogP contribution is 2.27. The first-order chi connectivity index (χ1) is 13.3. The van der Waals surface area contributed by atoms with Crippen molar-refractivity contribution in [1.29, 1.82) is 0 Å². The van der Waals surface area contributed by atoms with E-state index in [-0.39, 0.29) is 49.5 Å². The molecule has 1 aliphatic heterocycles. The highest BCUT2D eigenvalue weighted by molar-refractivity contribution is 6.30. The van der Waals surface area contributed by atoms with Crippen LogP contribution in [0, 0.1) is 0 Å². The van der Waals surface area contributed by atoms with Gasteiger partial charge in [0.1, 0.15) is 11.7 Å². The number of aromatic nitrogens is 1. The molecule has 0 unspecified atom stereocenters. The average Bonchev–Trinajstić information content (AvgIpc) is 2.60. The SMILES string of the molecule is CC(C)(C)OC(=O)NCc1ccc(OC2CCN(C(=O)C(F)(F)F)CC2)c(Cl)n1. The molecule has 2 rings (SSSR count). The standard InChI is InChI=1S/C18H23ClF3N3O4/c1-17(2,3)29-16(27)23-10-11-4-5-13(14(19)24-11)28-12-6-8-25(9-7-12)15(26)18(20,21)22/h4-5,12H,6-10H2,1-3H3,(H,23,27). The van der Waals surface area contributed by atoms with Gasteiger partial charge in [0.05, 0.1) is 12.2 Å². The van der Waals surface area contributed by atoms with Gasteiger partial charge in [-0.15, -0.1) is 0 Å². The van der Waals surface area contributed by atoms with E-state index in [9.17, 15) is 22.8 Å². The third-order valence-corrected chi connectivity index (χ3v) is 4.22. The van der Waals surface area contributed by atoms with Crippen LogP contribution in [0.4, 0.5) is 18.0 Å². The Labute approximate surface area is 171 Å². The summed E-state index contributed by atoms with van der Waals surface area (Å²) in [5.74, 6) is -1.55. The van der Waals surface area contributed by atoms with Crippen molar-refractivity contribution < 1.29 is 32.2 Å². The van der Waals surface area contributed by atoms with Crippen molar-refractivity contribution in [3.63, 3.8) is 0 Å². The lowest BCUT2D eigenvalue weighted by Crippen LogP contribution is -2.47. The molecule has 0 saturated carbocycles. The Balaban J connectivity index is 1.85. The van der Waals surface area contributed by atoms with Crippen molar-refractivity contribution in [3.05, 3.63) is 23.0 Å². The van der Waals surface area contributed by atoms with Gasteiger partial charge >= 0.3 is 18.2 Å². The molecular formula is C18H23ClF3N3O4. The Morgan fingerprint density at radius 2 is 1.86 bits per heavy atom. The number of piperidine rings is 1. The zero-order valence-electron chi connectivity index (χ0n) is 16.3. The lowest BCUT2D eigenvalue weighted by molar-refractivity contribution is -0.187. The fraction of sp³-hybridized carbons (Fsp3) is 0.611. The molecule has 1 fully saturated rings. The van der Waals surface area contributed by atoms with E-state index in [0.717, 1.165) is 4.90 Å². The van der Waals surface area contributed by atoms with Crippen molar-refractivity contribution in [2.75, 3.05) is 13.1 Å². The first-order valence-corrected chi connectivity index (χ1v) is 9.38. The van der Waals surface area contributed by atoms with Crippen LogP contribution in [-0.4, -0.2) is 52.9 Å². The van der Waals surface area contributed by atoms with Gasteiger partial charge in [0.25, 0.3) is 0 Å². The van der Waals surface area contributed by atoms with Crippen LogP contribution < -0.4 is 10.1 Å². The third kappa shape index (κ3) is 7.26. The number of halogens is 4. The highest BCUT2D eigenvalue weighted by Gasteiger charge is 2.43. The minimum atomic E-state index is -4.87. The zero-order chi connectivity index (χ0) is 21.8. The minimum Gasteiger partial charge on any atom is -0.487 e. The Kier molecular flexibility index (Phi) is 7.20. The Hall–Kier alpha value is -2.23. The molecule has 1 aromatic rings. The number of nitrogens with one attached hydrogen (secondary N) is 1. The van der Waals surface area contributed by atoms with Crippen LogP contribution in [0.1, 0.15) is 39.3 Å². The summed E-state index contributed by atoms with van der Waals surface area (Å²) in [4.78, 5) is 27.8. The lowest BCUT2D eigenvalue weighted by Gasteiger charge is -2.32. The van der Waals surface area contributed by atoms with Crippen molar-refractivity contribution in [1.82, 2.24) is 15.2 Å². The van der Waals surface area contributed by atoms with Crippen molar-refractivity contribution in [3.8, 4) is 5.75 Å². The average molecular weight is 438 g/mol. The maximum atomic E-state index is 12.5. The number of nitrogens with zero attached hydrogens (tertiary/aromatic N) is 2.